The minimum atomic E-state index is -0.221. The summed E-state index contributed by atoms with van der Waals surface area (Å²) in [5, 5.41) is 0. The van der Waals surface area contributed by atoms with Gasteiger partial charge in [-0.25, -0.2) is 0 Å². The normalized spacial score (nSPS) is 25.9. The molecule has 0 fully saturated rings. The van der Waals surface area contributed by atoms with E-state index >= 15 is 0 Å². The quantitative estimate of drug-likeness (QED) is 0.140. The van der Waals surface area contributed by atoms with Crippen molar-refractivity contribution in [2.24, 2.45) is 16.5 Å². The van der Waals surface area contributed by atoms with Gasteiger partial charge < -0.3 is 44.8 Å². The molecule has 12 nitrogen and oxygen atoms in total. The third-order valence-electron chi connectivity index (χ3n) is 7.67. The fourth-order valence-electron chi connectivity index (χ4n) is 4.64. The van der Waals surface area contributed by atoms with Crippen LogP contribution in [0.1, 0.15) is 64.2 Å². The zero-order chi connectivity index (χ0) is 39.9. The minimum Gasteiger partial charge on any atom is -0.461 e. The predicted molar refractivity (Wildman–Crippen MR) is 222 cm³/mol. The van der Waals surface area contributed by atoms with Gasteiger partial charge in [-0.2, -0.15) is 0 Å². The van der Waals surface area contributed by atoms with Crippen molar-refractivity contribution in [2.45, 2.75) is 76.4 Å². The summed E-state index contributed by atoms with van der Waals surface area (Å²) < 4.78 is 34.3. The van der Waals surface area contributed by atoms with Crippen LogP contribution in [0.4, 0.5) is 0 Å². The molecule has 2 atom stereocenters. The van der Waals surface area contributed by atoms with E-state index in [0.717, 1.165) is 25.8 Å². The molecular weight excluding hydrogens is 700 g/mol. The molecule has 0 spiro atoms. The number of aliphatic imine (C=N–C) groups is 1. The van der Waals surface area contributed by atoms with E-state index < -0.39 is 0 Å². The highest BCUT2D eigenvalue weighted by atomic mass is 16.5. The Kier molecular flexibility index (Phi) is 32.8. The Labute approximate surface area is 330 Å². The van der Waals surface area contributed by atoms with E-state index in [9.17, 15) is 9.59 Å². The summed E-state index contributed by atoms with van der Waals surface area (Å²) in [4.78, 5) is 30.3. The van der Waals surface area contributed by atoms with Crippen LogP contribution in [0, 0.1) is 0 Å². The molecule has 1 heterocycles. The van der Waals surface area contributed by atoms with E-state index in [2.05, 4.69) is 22.0 Å². The smallest absolute Gasteiger partial charge is 0.306 e. The highest BCUT2D eigenvalue weighted by molar-refractivity contribution is 5.75. The number of guanidine groups is 1. The van der Waals surface area contributed by atoms with Gasteiger partial charge in [0.05, 0.1) is 51.8 Å². The maximum atomic E-state index is 12.1. The van der Waals surface area contributed by atoms with Gasteiger partial charge in [-0.15, -0.1) is 0 Å². The molecule has 55 heavy (non-hydrogen) atoms. The van der Waals surface area contributed by atoms with Crippen LogP contribution in [-0.4, -0.2) is 115 Å². The monoisotopic (exact) mass is 769 g/mol. The summed E-state index contributed by atoms with van der Waals surface area (Å²) in [5.74, 6) is -0.395. The van der Waals surface area contributed by atoms with E-state index in [1.807, 2.05) is 99.2 Å². The summed E-state index contributed by atoms with van der Waals surface area (Å²) in [6.45, 7) is 4.66. The number of rotatable bonds is 6. The molecule has 0 bridgehead atoms. The maximum absolute atomic E-state index is 12.1. The van der Waals surface area contributed by atoms with Gasteiger partial charge in [-0.3, -0.25) is 14.6 Å². The molecule has 12 heteroatoms. The lowest BCUT2D eigenvalue weighted by molar-refractivity contribution is -0.143. The number of hydrogen-bond donors (Lipinski definition) is 2. The van der Waals surface area contributed by atoms with Gasteiger partial charge in [0.15, 0.2) is 5.96 Å². The van der Waals surface area contributed by atoms with Crippen LogP contribution < -0.4 is 11.5 Å². The van der Waals surface area contributed by atoms with Gasteiger partial charge >= 0.3 is 11.9 Å². The molecule has 1 rings (SSSR count). The molecular formula is C43H68N4O8. The predicted octanol–water partition coefficient (Wildman–Crippen LogP) is 6.08. The molecule has 1 aliphatic heterocycles. The van der Waals surface area contributed by atoms with Gasteiger partial charge in [0, 0.05) is 25.9 Å². The number of allylic oxidation sites excluding steroid dienone is 10. The third kappa shape index (κ3) is 35.4. The van der Waals surface area contributed by atoms with Gasteiger partial charge in [-0.1, -0.05) is 97.2 Å². The van der Waals surface area contributed by atoms with Crippen LogP contribution in [0.3, 0.4) is 0 Å². The molecule has 0 radical (unpaired) electrons. The Balaban J connectivity index is 2.63. The fraction of sp³-hybridized carbons (Fsp3) is 0.558. The van der Waals surface area contributed by atoms with E-state index in [0.29, 0.717) is 91.1 Å². The number of carbonyl (C=O) groups excluding carboxylic acids is 2. The van der Waals surface area contributed by atoms with Crippen LogP contribution in [0.25, 0.3) is 0 Å². The van der Waals surface area contributed by atoms with E-state index in [1.54, 1.807) is 0 Å². The largest absolute Gasteiger partial charge is 0.461 e. The maximum Gasteiger partial charge on any atom is 0.306 e. The molecule has 2 unspecified atom stereocenters. The topological polar surface area (TPSA) is 157 Å². The van der Waals surface area contributed by atoms with Crippen LogP contribution in [0.5, 0.6) is 0 Å². The van der Waals surface area contributed by atoms with Crippen LogP contribution in [-0.2, 0) is 38.0 Å². The van der Waals surface area contributed by atoms with Crippen molar-refractivity contribution >= 4 is 17.9 Å². The summed E-state index contributed by atoms with van der Waals surface area (Å²) in [5.41, 5.74) is 10.9. The van der Waals surface area contributed by atoms with Crippen molar-refractivity contribution in [1.82, 2.24) is 4.90 Å². The number of cyclic esters (lactones) is 2. The number of nitrogens with zero attached hydrogens (tertiary/aromatic N) is 2. The second-order valence-corrected chi connectivity index (χ2v) is 12.8. The molecule has 4 N–H and O–H groups in total. The number of ether oxygens (including phenoxy) is 6. The highest BCUT2D eigenvalue weighted by Gasteiger charge is 2.10. The summed E-state index contributed by atoms with van der Waals surface area (Å²) in [7, 11) is 4.10. The standard InChI is InChI=1S/C43H68N4O8/c1-47(2)30-28-40-38-51-32-19-11-5-3-9-17-25-41(48)54-35-23-15-7-12-20-31-50-37-39(27-29-46-43(44)45)52-33-22-14-8-16-24-36-55-42(49)26-18-10-4-6-13-21-34-53-40/h3-4,9-16,19-24,39-40H,5-8,17-18,25-38H2,1-2H3,(H4,44,45,46)/b9-3+,10-4+,19-11+,20-12+,21-13+,22-14+,23-15+,24-16+. The SMILES string of the molecule is CN(C)CCC1COC/C=C/C/C=C/CCC(=O)OC/C=C/C/C=C/COCC(CCN=C(N)N)OC/C=C/C/C=C/COC(=O)CC/C=C/C/C=C/CO1. The van der Waals surface area contributed by atoms with Crippen molar-refractivity contribution in [3.05, 3.63) is 97.2 Å². The minimum absolute atomic E-state index is 0.00154. The Morgan fingerprint density at radius 2 is 0.982 bits per heavy atom. The lowest BCUT2D eigenvalue weighted by Crippen LogP contribution is -2.26. The van der Waals surface area contributed by atoms with Crippen LogP contribution in [0.15, 0.2) is 102 Å². The lowest BCUT2D eigenvalue weighted by Gasteiger charge is -2.19. The average Bonchev–Trinajstić information content (AvgIpc) is 3.15. The second kappa shape index (κ2) is 36.9. The third-order valence-corrected chi connectivity index (χ3v) is 7.67. The van der Waals surface area contributed by atoms with Gasteiger partial charge in [0.25, 0.3) is 0 Å². The first-order chi connectivity index (χ1) is 26.9. The van der Waals surface area contributed by atoms with Crippen molar-refractivity contribution in [3.63, 3.8) is 0 Å². The van der Waals surface area contributed by atoms with Crippen molar-refractivity contribution in [3.8, 4) is 0 Å². The van der Waals surface area contributed by atoms with Crippen LogP contribution in [0.2, 0.25) is 0 Å². The summed E-state index contributed by atoms with van der Waals surface area (Å²) >= 11 is 0. The Morgan fingerprint density at radius 1 is 0.582 bits per heavy atom. The van der Waals surface area contributed by atoms with Crippen molar-refractivity contribution in [1.29, 1.82) is 0 Å². The van der Waals surface area contributed by atoms with E-state index in [-0.39, 0.29) is 43.3 Å². The molecule has 0 aromatic heterocycles. The molecule has 1 aliphatic rings. The lowest BCUT2D eigenvalue weighted by atomic mass is 10.2. The zero-order valence-corrected chi connectivity index (χ0v) is 33.3. The Hall–Kier alpha value is -4.07. The second-order valence-electron chi connectivity index (χ2n) is 12.8. The number of nitrogens with two attached hydrogens (primary N) is 2. The summed E-state index contributed by atoms with van der Waals surface area (Å²) in [6, 6.07) is 0. The molecule has 308 valence electrons. The Bertz CT molecular complexity index is 1250. The number of hydrogen-bond acceptors (Lipinski definition) is 10. The van der Waals surface area contributed by atoms with E-state index in [4.69, 9.17) is 39.9 Å². The van der Waals surface area contributed by atoms with Gasteiger partial charge in [0.2, 0.25) is 0 Å². The fourth-order valence-corrected chi connectivity index (χ4v) is 4.64. The van der Waals surface area contributed by atoms with E-state index in [1.165, 1.54) is 0 Å². The first-order valence-electron chi connectivity index (χ1n) is 19.5. The van der Waals surface area contributed by atoms with Crippen molar-refractivity contribution in [2.75, 3.05) is 80.0 Å². The molecule has 0 saturated heterocycles. The first-order valence-corrected chi connectivity index (χ1v) is 19.5. The van der Waals surface area contributed by atoms with Crippen LogP contribution >= 0.6 is 0 Å². The van der Waals surface area contributed by atoms with Crippen molar-refractivity contribution < 1.29 is 38.0 Å². The molecule has 0 saturated carbocycles. The Morgan fingerprint density at radius 3 is 1.42 bits per heavy atom. The molecule has 0 aromatic carbocycles. The molecule has 0 amide bonds. The summed E-state index contributed by atoms with van der Waals surface area (Å²) in [6.07, 6.45) is 37.8. The number of esters is 2. The first kappa shape index (κ1) is 48.9. The highest BCUT2D eigenvalue weighted by Crippen LogP contribution is 2.05. The van der Waals surface area contributed by atoms with Gasteiger partial charge in [0.1, 0.15) is 13.2 Å². The van der Waals surface area contributed by atoms with Gasteiger partial charge in [-0.05, 0) is 65.5 Å². The molecule has 0 aliphatic carbocycles. The zero-order valence-electron chi connectivity index (χ0n) is 33.3. The number of carbonyl (C=O) groups is 2. The molecule has 0 aromatic rings. The average molecular weight is 769 g/mol.